The van der Waals surface area contributed by atoms with E-state index in [0.29, 0.717) is 15.2 Å². The minimum absolute atomic E-state index is 0.169. The third kappa shape index (κ3) is 3.04. The van der Waals surface area contributed by atoms with Crippen molar-refractivity contribution in [3.8, 4) is 0 Å². The van der Waals surface area contributed by atoms with Crippen LogP contribution in [-0.2, 0) is 10.0 Å². The van der Waals surface area contributed by atoms with Crippen molar-refractivity contribution in [2.45, 2.75) is 4.90 Å². The number of halogens is 2. The lowest BCUT2D eigenvalue weighted by Crippen LogP contribution is -2.13. The number of hydrogen-bond acceptors (Lipinski definition) is 2. The Hall–Kier alpha value is -1.04. The highest BCUT2D eigenvalue weighted by atomic mass is 79.9. The molecule has 0 aliphatic carbocycles. The average Bonchev–Trinajstić information content (AvgIpc) is 2.32. The summed E-state index contributed by atoms with van der Waals surface area (Å²) in [5, 5.41) is 0.495. The Kier molecular flexibility index (Phi) is 3.94. The first-order valence-corrected chi connectivity index (χ1v) is 7.67. The number of nitrogens with one attached hydrogen (secondary N) is 1. The van der Waals surface area contributed by atoms with Crippen molar-refractivity contribution in [1.82, 2.24) is 0 Å². The van der Waals surface area contributed by atoms with E-state index in [0.717, 1.165) is 0 Å². The number of rotatable bonds is 3. The Labute approximate surface area is 119 Å². The van der Waals surface area contributed by atoms with Crippen molar-refractivity contribution in [3.05, 3.63) is 58.0 Å². The molecule has 6 heteroatoms. The molecular formula is C12H9BrClNO2S. The Morgan fingerprint density at radius 1 is 1.00 bits per heavy atom. The third-order valence-corrected chi connectivity index (χ3v) is 4.57. The largest absolute Gasteiger partial charge is 0.278 e. The molecule has 2 aromatic rings. The molecule has 0 saturated heterocycles. The highest BCUT2D eigenvalue weighted by Gasteiger charge is 2.14. The second-order valence-electron chi connectivity index (χ2n) is 3.54. The van der Waals surface area contributed by atoms with Crippen LogP contribution in [-0.4, -0.2) is 8.42 Å². The van der Waals surface area contributed by atoms with Gasteiger partial charge >= 0.3 is 0 Å². The molecule has 0 bridgehead atoms. The molecule has 0 atom stereocenters. The number of anilines is 1. The van der Waals surface area contributed by atoms with E-state index in [1.165, 1.54) is 24.3 Å². The van der Waals surface area contributed by atoms with Gasteiger partial charge in [-0.3, -0.25) is 4.72 Å². The van der Waals surface area contributed by atoms with Crippen LogP contribution in [0.15, 0.2) is 57.9 Å². The van der Waals surface area contributed by atoms with E-state index in [2.05, 4.69) is 20.7 Å². The van der Waals surface area contributed by atoms with Crippen LogP contribution in [0.5, 0.6) is 0 Å². The van der Waals surface area contributed by atoms with Gasteiger partial charge in [-0.25, -0.2) is 8.42 Å². The number of sulfonamides is 1. The second kappa shape index (κ2) is 5.30. The van der Waals surface area contributed by atoms with Gasteiger partial charge in [0.25, 0.3) is 10.0 Å². The fourth-order valence-corrected chi connectivity index (χ4v) is 3.08. The first kappa shape index (κ1) is 13.4. The highest BCUT2D eigenvalue weighted by molar-refractivity contribution is 9.10. The predicted molar refractivity (Wildman–Crippen MR) is 76.4 cm³/mol. The van der Waals surface area contributed by atoms with Crippen LogP contribution in [0.1, 0.15) is 0 Å². The maximum absolute atomic E-state index is 12.1. The van der Waals surface area contributed by atoms with Crippen molar-refractivity contribution in [2.75, 3.05) is 4.72 Å². The van der Waals surface area contributed by atoms with Crippen LogP contribution in [0.4, 0.5) is 5.69 Å². The lowest BCUT2D eigenvalue weighted by molar-refractivity contribution is 0.601. The first-order chi connectivity index (χ1) is 8.49. The zero-order valence-corrected chi connectivity index (χ0v) is 12.3. The van der Waals surface area contributed by atoms with Crippen LogP contribution in [0, 0.1) is 0 Å². The number of para-hydroxylation sites is 1. The average molecular weight is 347 g/mol. The zero-order chi connectivity index (χ0) is 13.2. The van der Waals surface area contributed by atoms with E-state index < -0.39 is 10.0 Å². The predicted octanol–water partition coefficient (Wildman–Crippen LogP) is 3.90. The molecule has 0 radical (unpaired) electrons. The van der Waals surface area contributed by atoms with Gasteiger partial charge < -0.3 is 0 Å². The summed E-state index contributed by atoms with van der Waals surface area (Å²) >= 11 is 9.01. The van der Waals surface area contributed by atoms with Gasteiger partial charge in [0.15, 0.2) is 0 Å². The number of hydrogen-bond donors (Lipinski definition) is 1. The molecule has 0 unspecified atom stereocenters. The molecule has 3 nitrogen and oxygen atoms in total. The molecule has 0 aliphatic rings. The summed E-state index contributed by atoms with van der Waals surface area (Å²) in [5.41, 5.74) is 0.493. The van der Waals surface area contributed by atoms with Crippen LogP contribution in [0.25, 0.3) is 0 Å². The molecule has 0 aliphatic heterocycles. The Morgan fingerprint density at radius 3 is 2.22 bits per heavy atom. The van der Waals surface area contributed by atoms with Crippen LogP contribution < -0.4 is 4.72 Å². The molecule has 0 amide bonds. The molecule has 94 valence electrons. The van der Waals surface area contributed by atoms with Crippen LogP contribution >= 0.6 is 27.5 Å². The second-order valence-corrected chi connectivity index (χ2v) is 6.51. The molecule has 0 fully saturated rings. The van der Waals surface area contributed by atoms with Crippen molar-refractivity contribution in [3.63, 3.8) is 0 Å². The van der Waals surface area contributed by atoms with Crippen molar-refractivity contribution >= 4 is 43.2 Å². The Bertz CT molecular complexity index is 656. The van der Waals surface area contributed by atoms with Gasteiger partial charge in [-0.05, 0) is 52.3 Å². The summed E-state index contributed by atoms with van der Waals surface area (Å²) in [5.74, 6) is 0. The van der Waals surface area contributed by atoms with Crippen LogP contribution in [0.3, 0.4) is 0 Å². The van der Waals surface area contributed by atoms with Gasteiger partial charge in [0.05, 0.1) is 10.6 Å². The Morgan fingerprint density at radius 2 is 1.61 bits per heavy atom. The van der Waals surface area contributed by atoms with E-state index in [1.807, 2.05) is 6.07 Å². The molecule has 0 heterocycles. The van der Waals surface area contributed by atoms with Crippen molar-refractivity contribution in [1.29, 1.82) is 0 Å². The van der Waals surface area contributed by atoms with Crippen molar-refractivity contribution in [2.24, 2.45) is 0 Å². The van der Waals surface area contributed by atoms with Gasteiger partial charge in [-0.15, -0.1) is 0 Å². The van der Waals surface area contributed by atoms with Crippen molar-refractivity contribution < 1.29 is 8.42 Å². The SMILES string of the molecule is O=S(=O)(Nc1ccccc1Br)c1ccc(Cl)cc1. The summed E-state index contributed by atoms with van der Waals surface area (Å²) in [6, 6.07) is 13.0. The van der Waals surface area contributed by atoms with Gasteiger partial charge in [0.1, 0.15) is 0 Å². The fourth-order valence-electron chi connectivity index (χ4n) is 1.36. The van der Waals surface area contributed by atoms with Gasteiger partial charge in [-0.1, -0.05) is 23.7 Å². The zero-order valence-electron chi connectivity index (χ0n) is 9.10. The molecule has 2 rings (SSSR count). The molecule has 0 aromatic heterocycles. The lowest BCUT2D eigenvalue weighted by atomic mass is 10.3. The molecular weight excluding hydrogens is 338 g/mol. The minimum Gasteiger partial charge on any atom is -0.278 e. The first-order valence-electron chi connectivity index (χ1n) is 5.02. The normalized spacial score (nSPS) is 11.2. The third-order valence-electron chi connectivity index (χ3n) is 2.24. The summed E-state index contributed by atoms with van der Waals surface area (Å²) in [6.07, 6.45) is 0. The monoisotopic (exact) mass is 345 g/mol. The molecule has 2 aromatic carbocycles. The van der Waals surface area contributed by atoms with E-state index in [4.69, 9.17) is 11.6 Å². The molecule has 0 spiro atoms. The molecule has 0 saturated carbocycles. The fraction of sp³-hybridized carbons (Fsp3) is 0. The maximum atomic E-state index is 12.1. The minimum atomic E-state index is -3.59. The standard InChI is InChI=1S/C12H9BrClNO2S/c13-11-3-1-2-4-12(11)15-18(16,17)10-7-5-9(14)6-8-10/h1-8,15H. The molecule has 1 N–H and O–H groups in total. The molecule has 18 heavy (non-hydrogen) atoms. The van der Waals surface area contributed by atoms with Gasteiger partial charge in [0.2, 0.25) is 0 Å². The number of benzene rings is 2. The summed E-state index contributed by atoms with van der Waals surface area (Å²) in [6.45, 7) is 0. The smallest absolute Gasteiger partial charge is 0.261 e. The summed E-state index contributed by atoms with van der Waals surface area (Å²) in [4.78, 5) is 0.169. The van der Waals surface area contributed by atoms with Gasteiger partial charge in [0, 0.05) is 9.50 Å². The van der Waals surface area contributed by atoms with E-state index in [9.17, 15) is 8.42 Å². The topological polar surface area (TPSA) is 46.2 Å². The van der Waals surface area contributed by atoms with E-state index >= 15 is 0 Å². The van der Waals surface area contributed by atoms with Gasteiger partial charge in [-0.2, -0.15) is 0 Å². The lowest BCUT2D eigenvalue weighted by Gasteiger charge is -2.09. The maximum Gasteiger partial charge on any atom is 0.261 e. The summed E-state index contributed by atoms with van der Waals surface area (Å²) in [7, 11) is -3.59. The summed E-state index contributed by atoms with van der Waals surface area (Å²) < 4.78 is 27.4. The highest BCUT2D eigenvalue weighted by Crippen LogP contribution is 2.24. The van der Waals surface area contributed by atoms with E-state index in [1.54, 1.807) is 18.2 Å². The Balaban J connectivity index is 2.33. The van der Waals surface area contributed by atoms with E-state index in [-0.39, 0.29) is 4.90 Å². The van der Waals surface area contributed by atoms with Crippen LogP contribution in [0.2, 0.25) is 5.02 Å². The quantitative estimate of drug-likeness (QED) is 0.916.